The van der Waals surface area contributed by atoms with Crippen LogP contribution in [0.1, 0.15) is 38.3 Å². The molecule has 66 valence electrons. The number of H-pyrrole nitrogens is 1. The molecular weight excluding hydrogens is 150 g/mol. The minimum absolute atomic E-state index is 0.310. The number of nitrogens with one attached hydrogen (secondary N) is 1. The van der Waals surface area contributed by atoms with Gasteiger partial charge in [0.1, 0.15) is 5.82 Å². The van der Waals surface area contributed by atoms with Crippen molar-refractivity contribution in [3.8, 4) is 0 Å². The molecule has 3 nitrogen and oxygen atoms in total. The minimum Gasteiger partial charge on any atom is -0.263 e. The Morgan fingerprint density at radius 1 is 1.42 bits per heavy atom. The summed E-state index contributed by atoms with van der Waals surface area (Å²) >= 11 is 0. The van der Waals surface area contributed by atoms with Gasteiger partial charge in [0.25, 0.3) is 0 Å². The Kier molecular flexibility index (Phi) is 1.50. The highest BCUT2D eigenvalue weighted by atomic mass is 15.2. The van der Waals surface area contributed by atoms with Gasteiger partial charge in [-0.15, -0.1) is 0 Å². The first-order valence-corrected chi connectivity index (χ1v) is 4.54. The van der Waals surface area contributed by atoms with Crippen LogP contribution in [0.2, 0.25) is 0 Å². The zero-order chi connectivity index (χ0) is 8.77. The third-order valence-electron chi connectivity index (χ3n) is 2.94. The standard InChI is InChI=1S/C9H15N3/c1-6(2)9(4-5-9)8-10-7(3)11-12-8/h6H,4-5H2,1-3H3,(H,10,11,12). The second-order valence-electron chi connectivity index (χ2n) is 4.06. The first-order valence-electron chi connectivity index (χ1n) is 4.54. The lowest BCUT2D eigenvalue weighted by molar-refractivity contribution is 0.458. The van der Waals surface area contributed by atoms with Crippen molar-refractivity contribution in [3.63, 3.8) is 0 Å². The van der Waals surface area contributed by atoms with Crippen LogP contribution in [0, 0.1) is 12.8 Å². The maximum absolute atomic E-state index is 4.40. The molecular formula is C9H15N3. The largest absolute Gasteiger partial charge is 0.263 e. The highest BCUT2D eigenvalue weighted by molar-refractivity contribution is 5.18. The van der Waals surface area contributed by atoms with E-state index >= 15 is 0 Å². The summed E-state index contributed by atoms with van der Waals surface area (Å²) in [5.41, 5.74) is 0.310. The lowest BCUT2D eigenvalue weighted by atomic mass is 9.92. The van der Waals surface area contributed by atoms with Gasteiger partial charge >= 0.3 is 0 Å². The van der Waals surface area contributed by atoms with E-state index < -0.39 is 0 Å². The molecule has 1 aliphatic carbocycles. The molecule has 1 saturated carbocycles. The lowest BCUT2D eigenvalue weighted by Crippen LogP contribution is -2.16. The van der Waals surface area contributed by atoms with Crippen LogP contribution in [-0.4, -0.2) is 15.2 Å². The fourth-order valence-corrected chi connectivity index (χ4v) is 1.76. The molecule has 0 aromatic carbocycles. The molecule has 0 aliphatic heterocycles. The van der Waals surface area contributed by atoms with Crippen molar-refractivity contribution in [1.82, 2.24) is 15.2 Å². The van der Waals surface area contributed by atoms with Crippen LogP contribution >= 0.6 is 0 Å². The number of rotatable bonds is 2. The Morgan fingerprint density at radius 3 is 2.42 bits per heavy atom. The maximum atomic E-state index is 4.40. The third-order valence-corrected chi connectivity index (χ3v) is 2.94. The van der Waals surface area contributed by atoms with E-state index in [0.29, 0.717) is 11.3 Å². The van der Waals surface area contributed by atoms with Gasteiger partial charge in [-0.3, -0.25) is 5.10 Å². The van der Waals surface area contributed by atoms with E-state index in [1.54, 1.807) is 0 Å². The number of nitrogens with zero attached hydrogens (tertiary/aromatic N) is 2. The molecule has 1 aliphatic rings. The van der Waals surface area contributed by atoms with Crippen molar-refractivity contribution >= 4 is 0 Å². The second-order valence-corrected chi connectivity index (χ2v) is 4.06. The summed E-state index contributed by atoms with van der Waals surface area (Å²) in [6, 6.07) is 0. The molecule has 1 heterocycles. The van der Waals surface area contributed by atoms with Crippen LogP contribution in [-0.2, 0) is 5.41 Å². The summed E-state index contributed by atoms with van der Waals surface area (Å²) in [6.07, 6.45) is 2.50. The van der Waals surface area contributed by atoms with Crippen molar-refractivity contribution < 1.29 is 0 Å². The number of aromatic amines is 1. The van der Waals surface area contributed by atoms with E-state index in [-0.39, 0.29) is 0 Å². The average molecular weight is 165 g/mol. The lowest BCUT2D eigenvalue weighted by Gasteiger charge is -2.14. The smallest absolute Gasteiger partial charge is 0.157 e. The quantitative estimate of drug-likeness (QED) is 0.726. The van der Waals surface area contributed by atoms with Crippen LogP contribution in [0.5, 0.6) is 0 Å². The normalized spacial score (nSPS) is 20.0. The Balaban J connectivity index is 2.30. The van der Waals surface area contributed by atoms with Gasteiger partial charge in [-0.2, -0.15) is 5.10 Å². The molecule has 3 heteroatoms. The number of aromatic nitrogens is 3. The Labute approximate surface area is 72.6 Å². The molecule has 0 bridgehead atoms. The zero-order valence-corrected chi connectivity index (χ0v) is 7.89. The van der Waals surface area contributed by atoms with Crippen LogP contribution < -0.4 is 0 Å². The Bertz CT molecular complexity index is 284. The number of hydrogen-bond donors (Lipinski definition) is 1. The minimum atomic E-state index is 0.310. The monoisotopic (exact) mass is 165 g/mol. The molecule has 0 atom stereocenters. The molecule has 12 heavy (non-hydrogen) atoms. The van der Waals surface area contributed by atoms with E-state index in [2.05, 4.69) is 29.0 Å². The summed E-state index contributed by atoms with van der Waals surface area (Å²) < 4.78 is 0. The molecule has 0 unspecified atom stereocenters. The van der Waals surface area contributed by atoms with Crippen molar-refractivity contribution in [2.75, 3.05) is 0 Å². The van der Waals surface area contributed by atoms with Gasteiger partial charge in [0.15, 0.2) is 5.82 Å². The van der Waals surface area contributed by atoms with Crippen molar-refractivity contribution in [2.45, 2.75) is 39.0 Å². The molecule has 1 aromatic rings. The predicted molar refractivity (Wildman–Crippen MR) is 46.9 cm³/mol. The molecule has 2 rings (SSSR count). The summed E-state index contributed by atoms with van der Waals surface area (Å²) in [4.78, 5) is 4.40. The highest BCUT2D eigenvalue weighted by Crippen LogP contribution is 2.52. The van der Waals surface area contributed by atoms with Crippen LogP contribution in [0.25, 0.3) is 0 Å². The fraction of sp³-hybridized carbons (Fsp3) is 0.778. The predicted octanol–water partition coefficient (Wildman–Crippen LogP) is 1.80. The van der Waals surface area contributed by atoms with Gasteiger partial charge in [0.2, 0.25) is 0 Å². The van der Waals surface area contributed by atoms with E-state index in [0.717, 1.165) is 11.6 Å². The third kappa shape index (κ3) is 0.958. The molecule has 0 radical (unpaired) electrons. The van der Waals surface area contributed by atoms with Crippen molar-refractivity contribution in [2.24, 2.45) is 5.92 Å². The van der Waals surface area contributed by atoms with Gasteiger partial charge < -0.3 is 0 Å². The van der Waals surface area contributed by atoms with Gasteiger partial charge in [0, 0.05) is 5.41 Å². The molecule has 1 aromatic heterocycles. The highest BCUT2D eigenvalue weighted by Gasteiger charge is 2.50. The average Bonchev–Trinajstić information content (AvgIpc) is 2.71. The van der Waals surface area contributed by atoms with Crippen molar-refractivity contribution in [1.29, 1.82) is 0 Å². The van der Waals surface area contributed by atoms with E-state index in [4.69, 9.17) is 0 Å². The van der Waals surface area contributed by atoms with Gasteiger partial charge in [-0.1, -0.05) is 13.8 Å². The molecule has 0 amide bonds. The van der Waals surface area contributed by atoms with E-state index in [1.165, 1.54) is 12.8 Å². The summed E-state index contributed by atoms with van der Waals surface area (Å²) in [7, 11) is 0. The first kappa shape index (κ1) is 7.77. The van der Waals surface area contributed by atoms with Gasteiger partial charge in [-0.05, 0) is 25.7 Å². The summed E-state index contributed by atoms with van der Waals surface area (Å²) in [5, 5.41) is 7.14. The molecule has 0 saturated heterocycles. The van der Waals surface area contributed by atoms with Crippen LogP contribution in [0.4, 0.5) is 0 Å². The van der Waals surface area contributed by atoms with Crippen molar-refractivity contribution in [3.05, 3.63) is 11.6 Å². The number of hydrogen-bond acceptors (Lipinski definition) is 2. The number of aryl methyl sites for hydroxylation is 1. The van der Waals surface area contributed by atoms with Gasteiger partial charge in [0.05, 0.1) is 0 Å². The maximum Gasteiger partial charge on any atom is 0.157 e. The molecule has 1 N–H and O–H groups in total. The molecule has 0 spiro atoms. The summed E-state index contributed by atoms with van der Waals surface area (Å²) in [6.45, 7) is 6.45. The second kappa shape index (κ2) is 2.31. The van der Waals surface area contributed by atoms with E-state index in [9.17, 15) is 0 Å². The molecule has 1 fully saturated rings. The summed E-state index contributed by atoms with van der Waals surface area (Å²) in [5.74, 6) is 2.61. The van der Waals surface area contributed by atoms with Crippen LogP contribution in [0.15, 0.2) is 0 Å². The zero-order valence-electron chi connectivity index (χ0n) is 7.89. The Morgan fingerprint density at radius 2 is 2.08 bits per heavy atom. The van der Waals surface area contributed by atoms with Gasteiger partial charge in [-0.25, -0.2) is 4.98 Å². The topological polar surface area (TPSA) is 41.6 Å². The van der Waals surface area contributed by atoms with E-state index in [1.807, 2.05) is 6.92 Å². The van der Waals surface area contributed by atoms with Crippen LogP contribution in [0.3, 0.4) is 0 Å². The fourth-order valence-electron chi connectivity index (χ4n) is 1.76. The SMILES string of the molecule is Cc1nc(C2(C(C)C)CC2)n[nH]1. The first-order chi connectivity index (χ1) is 5.65. The Hall–Kier alpha value is -0.860.